The lowest BCUT2D eigenvalue weighted by Gasteiger charge is -2.25. The van der Waals surface area contributed by atoms with E-state index in [1.807, 2.05) is 63.2 Å². The molecule has 0 spiro atoms. The summed E-state index contributed by atoms with van der Waals surface area (Å²) in [6.45, 7) is 3.08. The summed E-state index contributed by atoms with van der Waals surface area (Å²) in [6, 6.07) is 7.42. The molecule has 4 aromatic rings. The van der Waals surface area contributed by atoms with Crippen molar-refractivity contribution < 1.29 is 14.3 Å². The Bertz CT molecular complexity index is 1500. The van der Waals surface area contributed by atoms with Crippen LogP contribution in [-0.2, 0) is 11.8 Å². The Morgan fingerprint density at radius 1 is 1.03 bits per heavy atom. The van der Waals surface area contributed by atoms with Gasteiger partial charge in [-0.25, -0.2) is 9.97 Å². The molecular weight excluding hydrogens is 520 g/mol. The monoisotopic (exact) mass is 552 g/mol. The standard InChI is InChI=1S/C27H33ClN8O3/c1-16(37)31-20-12-21(25(39-7)13-23(20)35(4)9-8-34(2)3)32-27-30-15-29-26(33-27)18-14-36(5)22-11-19(28)24(38-6)10-17(18)22/h10-15H,8-9H2,1-7H3,(H,31,37)(H,29,30,32,33). The first-order valence-electron chi connectivity index (χ1n) is 12.3. The highest BCUT2D eigenvalue weighted by atomic mass is 35.5. The van der Waals surface area contributed by atoms with Gasteiger partial charge < -0.3 is 34.5 Å². The number of amides is 1. The normalized spacial score (nSPS) is 11.1. The number of hydrogen-bond acceptors (Lipinski definition) is 9. The Morgan fingerprint density at radius 3 is 2.44 bits per heavy atom. The molecule has 11 nitrogen and oxygen atoms in total. The molecule has 2 aromatic heterocycles. The van der Waals surface area contributed by atoms with Gasteiger partial charge in [0.15, 0.2) is 5.82 Å². The predicted molar refractivity (Wildman–Crippen MR) is 156 cm³/mol. The van der Waals surface area contributed by atoms with Crippen LogP contribution in [0.4, 0.5) is 23.0 Å². The van der Waals surface area contributed by atoms with Crippen molar-refractivity contribution in [1.29, 1.82) is 0 Å². The van der Waals surface area contributed by atoms with E-state index in [9.17, 15) is 4.79 Å². The van der Waals surface area contributed by atoms with Gasteiger partial charge in [-0.3, -0.25) is 4.79 Å². The number of rotatable bonds is 10. The number of nitrogens with zero attached hydrogens (tertiary/aromatic N) is 6. The maximum atomic E-state index is 12.0. The van der Waals surface area contributed by atoms with Gasteiger partial charge in [0.1, 0.15) is 17.8 Å². The molecular formula is C27H33ClN8O3. The smallest absolute Gasteiger partial charge is 0.230 e. The van der Waals surface area contributed by atoms with E-state index < -0.39 is 0 Å². The van der Waals surface area contributed by atoms with Gasteiger partial charge in [0.2, 0.25) is 11.9 Å². The highest BCUT2D eigenvalue weighted by Gasteiger charge is 2.18. The minimum Gasteiger partial charge on any atom is -0.495 e. The van der Waals surface area contributed by atoms with Gasteiger partial charge in [-0.05, 0) is 32.3 Å². The van der Waals surface area contributed by atoms with E-state index in [1.54, 1.807) is 14.2 Å². The van der Waals surface area contributed by atoms with E-state index >= 15 is 0 Å². The van der Waals surface area contributed by atoms with Crippen molar-refractivity contribution in [1.82, 2.24) is 24.4 Å². The summed E-state index contributed by atoms with van der Waals surface area (Å²) in [5.41, 5.74) is 3.78. The first-order valence-corrected chi connectivity index (χ1v) is 12.6. The Labute approximate surface area is 232 Å². The number of anilines is 4. The summed E-state index contributed by atoms with van der Waals surface area (Å²) in [7, 11) is 11.1. The maximum absolute atomic E-state index is 12.0. The Hall–Kier alpha value is -4.09. The summed E-state index contributed by atoms with van der Waals surface area (Å²) < 4.78 is 13.1. The van der Waals surface area contributed by atoms with Crippen LogP contribution in [-0.4, -0.2) is 78.8 Å². The zero-order valence-corrected chi connectivity index (χ0v) is 23.9. The van der Waals surface area contributed by atoms with E-state index in [-0.39, 0.29) is 5.91 Å². The number of methoxy groups -OCH3 is 2. The van der Waals surface area contributed by atoms with Crippen LogP contribution in [0.1, 0.15) is 6.92 Å². The molecule has 0 aliphatic carbocycles. The average Bonchev–Trinajstić information content (AvgIpc) is 3.21. The van der Waals surface area contributed by atoms with Gasteiger partial charge in [0.05, 0.1) is 41.8 Å². The molecule has 1 amide bonds. The molecule has 4 rings (SSSR count). The van der Waals surface area contributed by atoms with Crippen molar-refractivity contribution in [2.45, 2.75) is 6.92 Å². The summed E-state index contributed by atoms with van der Waals surface area (Å²) in [6.07, 6.45) is 3.38. The quantitative estimate of drug-likeness (QED) is 0.296. The van der Waals surface area contributed by atoms with Crippen molar-refractivity contribution in [2.75, 3.05) is 64.0 Å². The number of aryl methyl sites for hydroxylation is 1. The molecule has 0 fully saturated rings. The number of halogens is 1. The second-order valence-corrected chi connectivity index (χ2v) is 9.80. The summed E-state index contributed by atoms with van der Waals surface area (Å²) >= 11 is 6.35. The summed E-state index contributed by atoms with van der Waals surface area (Å²) in [4.78, 5) is 29.6. The van der Waals surface area contributed by atoms with Gasteiger partial charge in [0.25, 0.3) is 0 Å². The second kappa shape index (κ2) is 11.7. The van der Waals surface area contributed by atoms with Crippen LogP contribution in [0.15, 0.2) is 36.8 Å². The molecule has 0 radical (unpaired) electrons. The Balaban J connectivity index is 1.72. The molecule has 0 unspecified atom stereocenters. The predicted octanol–water partition coefficient (Wildman–Crippen LogP) is 4.40. The number of carbonyl (C=O) groups is 1. The molecule has 0 saturated carbocycles. The van der Waals surface area contributed by atoms with Gasteiger partial charge >= 0.3 is 0 Å². The van der Waals surface area contributed by atoms with Gasteiger partial charge in [-0.1, -0.05) is 11.6 Å². The fraction of sp³-hybridized carbons (Fsp3) is 0.333. The Morgan fingerprint density at radius 2 is 1.77 bits per heavy atom. The van der Waals surface area contributed by atoms with E-state index in [0.717, 1.165) is 35.2 Å². The third-order valence-electron chi connectivity index (χ3n) is 6.24. The van der Waals surface area contributed by atoms with Crippen LogP contribution in [0, 0.1) is 0 Å². The van der Waals surface area contributed by atoms with Crippen molar-refractivity contribution in [3.63, 3.8) is 0 Å². The van der Waals surface area contributed by atoms with Crippen LogP contribution in [0.5, 0.6) is 11.5 Å². The average molecular weight is 553 g/mol. The fourth-order valence-electron chi connectivity index (χ4n) is 4.24. The molecule has 0 bridgehead atoms. The van der Waals surface area contributed by atoms with Crippen molar-refractivity contribution in [3.05, 3.63) is 41.8 Å². The van der Waals surface area contributed by atoms with E-state index in [2.05, 4.69) is 35.4 Å². The van der Waals surface area contributed by atoms with Gasteiger partial charge in [-0.15, -0.1) is 0 Å². The lowest BCUT2D eigenvalue weighted by molar-refractivity contribution is -0.114. The second-order valence-electron chi connectivity index (χ2n) is 9.39. The number of nitrogens with one attached hydrogen (secondary N) is 2. The van der Waals surface area contributed by atoms with Crippen LogP contribution in [0.3, 0.4) is 0 Å². The molecule has 2 heterocycles. The number of ether oxygens (including phenoxy) is 2. The Kier molecular flexibility index (Phi) is 8.41. The molecule has 0 aliphatic heterocycles. The largest absolute Gasteiger partial charge is 0.495 e. The lowest BCUT2D eigenvalue weighted by Crippen LogP contribution is -2.29. The highest BCUT2D eigenvalue weighted by molar-refractivity contribution is 6.33. The molecule has 12 heteroatoms. The number of benzene rings is 2. The molecule has 206 valence electrons. The molecule has 0 saturated heterocycles. The van der Waals surface area contributed by atoms with E-state index in [4.69, 9.17) is 21.1 Å². The third kappa shape index (κ3) is 6.15. The summed E-state index contributed by atoms with van der Waals surface area (Å²) in [5.74, 6) is 1.75. The van der Waals surface area contributed by atoms with Crippen molar-refractivity contribution in [3.8, 4) is 22.9 Å². The number of carbonyl (C=O) groups excluding carboxylic acids is 1. The number of hydrogen-bond donors (Lipinski definition) is 2. The first-order chi connectivity index (χ1) is 18.6. The summed E-state index contributed by atoms with van der Waals surface area (Å²) in [5, 5.41) is 7.58. The molecule has 0 atom stereocenters. The highest BCUT2D eigenvalue weighted by Crippen LogP contribution is 2.39. The molecule has 0 aliphatic rings. The van der Waals surface area contributed by atoms with Gasteiger partial charge in [0, 0.05) is 57.3 Å². The zero-order chi connectivity index (χ0) is 28.3. The lowest BCUT2D eigenvalue weighted by atomic mass is 10.1. The number of fused-ring (bicyclic) bond motifs is 1. The van der Waals surface area contributed by atoms with Gasteiger partial charge in [-0.2, -0.15) is 4.98 Å². The minimum atomic E-state index is -0.178. The maximum Gasteiger partial charge on any atom is 0.230 e. The van der Waals surface area contributed by atoms with Crippen LogP contribution < -0.4 is 25.0 Å². The molecule has 39 heavy (non-hydrogen) atoms. The minimum absolute atomic E-state index is 0.178. The molecule has 2 aromatic carbocycles. The van der Waals surface area contributed by atoms with Crippen molar-refractivity contribution >= 4 is 51.4 Å². The molecule has 2 N–H and O–H groups in total. The topological polar surface area (TPSA) is 110 Å². The van der Waals surface area contributed by atoms with Crippen molar-refractivity contribution in [2.24, 2.45) is 7.05 Å². The van der Waals surface area contributed by atoms with Crippen LogP contribution in [0.2, 0.25) is 5.02 Å². The van der Waals surface area contributed by atoms with Crippen LogP contribution >= 0.6 is 11.6 Å². The number of aromatic nitrogens is 4. The number of likely N-dealkylation sites (N-methyl/N-ethyl adjacent to an activating group) is 2. The third-order valence-corrected chi connectivity index (χ3v) is 6.54. The first kappa shape index (κ1) is 27.9. The van der Waals surface area contributed by atoms with E-state index in [0.29, 0.717) is 39.7 Å². The SMILES string of the molecule is COc1cc2c(-c3ncnc(Nc4cc(NC(C)=O)c(N(C)CCN(C)C)cc4OC)n3)cn(C)c2cc1Cl. The zero-order valence-electron chi connectivity index (χ0n) is 23.2. The van der Waals surface area contributed by atoms with E-state index in [1.165, 1.54) is 13.3 Å². The van der Waals surface area contributed by atoms with Crippen LogP contribution in [0.25, 0.3) is 22.3 Å². The fourth-order valence-corrected chi connectivity index (χ4v) is 4.47.